The summed E-state index contributed by atoms with van der Waals surface area (Å²) < 4.78 is 0. The predicted molar refractivity (Wildman–Crippen MR) is 43.2 cm³/mol. The van der Waals surface area contributed by atoms with Crippen molar-refractivity contribution < 1.29 is 9.59 Å². The van der Waals surface area contributed by atoms with Crippen LogP contribution in [0.5, 0.6) is 0 Å². The topological polar surface area (TPSA) is 46.2 Å². The Hall–Kier alpha value is -0.860. The van der Waals surface area contributed by atoms with Gasteiger partial charge in [0.05, 0.1) is 0 Å². The lowest BCUT2D eigenvalue weighted by Crippen LogP contribution is -2.20. The summed E-state index contributed by atoms with van der Waals surface area (Å²) in [5, 5.41) is 2.70. The van der Waals surface area contributed by atoms with Crippen molar-refractivity contribution >= 4 is 12.2 Å². The van der Waals surface area contributed by atoms with Crippen molar-refractivity contribution in [3.8, 4) is 0 Å². The van der Waals surface area contributed by atoms with Crippen LogP contribution in [-0.4, -0.2) is 18.7 Å². The lowest BCUT2D eigenvalue weighted by atomic mass is 10.2. The summed E-state index contributed by atoms with van der Waals surface area (Å²) in [6.45, 7) is 2.24. The van der Waals surface area contributed by atoms with Crippen LogP contribution in [0.4, 0.5) is 0 Å². The molecule has 0 bridgehead atoms. The van der Waals surface area contributed by atoms with Crippen LogP contribution in [0.25, 0.3) is 0 Å². The maximum atomic E-state index is 10.4. The van der Waals surface area contributed by atoms with E-state index in [1.165, 1.54) is 6.92 Å². The molecule has 1 N–H and O–H groups in total. The molecule has 3 nitrogen and oxygen atoms in total. The molecule has 0 unspecified atom stereocenters. The minimum Gasteiger partial charge on any atom is -0.356 e. The zero-order valence-corrected chi connectivity index (χ0v) is 6.93. The number of rotatable bonds is 6. The Kier molecular flexibility index (Phi) is 6.68. The highest BCUT2D eigenvalue weighted by atomic mass is 16.1. The van der Waals surface area contributed by atoms with Crippen molar-refractivity contribution in [2.45, 2.75) is 32.6 Å². The third-order valence-electron chi connectivity index (χ3n) is 1.37. The Morgan fingerprint density at radius 3 is 2.64 bits per heavy atom. The molecule has 0 rings (SSSR count). The molecule has 0 aromatic rings. The molecule has 0 aliphatic carbocycles. The van der Waals surface area contributed by atoms with Gasteiger partial charge < -0.3 is 10.1 Å². The van der Waals surface area contributed by atoms with E-state index in [0.717, 1.165) is 32.1 Å². The molecule has 0 aromatic carbocycles. The van der Waals surface area contributed by atoms with Gasteiger partial charge in [0.15, 0.2) is 0 Å². The molecule has 0 aliphatic rings. The average molecular weight is 157 g/mol. The number of nitrogens with one attached hydrogen (secondary N) is 1. The van der Waals surface area contributed by atoms with Gasteiger partial charge in [0.25, 0.3) is 0 Å². The summed E-state index contributed by atoms with van der Waals surface area (Å²) in [7, 11) is 0. The number of hydrogen-bond donors (Lipinski definition) is 1. The number of carbonyl (C=O) groups excluding carboxylic acids is 2. The van der Waals surface area contributed by atoms with E-state index in [-0.39, 0.29) is 5.91 Å². The van der Waals surface area contributed by atoms with E-state index in [4.69, 9.17) is 0 Å². The first-order valence-corrected chi connectivity index (χ1v) is 3.95. The molecule has 0 saturated carbocycles. The zero-order chi connectivity index (χ0) is 8.53. The number of carbonyl (C=O) groups is 2. The van der Waals surface area contributed by atoms with E-state index in [2.05, 4.69) is 5.32 Å². The van der Waals surface area contributed by atoms with Gasteiger partial charge in [-0.1, -0.05) is 6.42 Å². The van der Waals surface area contributed by atoms with Gasteiger partial charge >= 0.3 is 0 Å². The number of amides is 1. The van der Waals surface area contributed by atoms with Crippen LogP contribution in [0.3, 0.4) is 0 Å². The fourth-order valence-corrected chi connectivity index (χ4v) is 0.794. The Morgan fingerprint density at radius 2 is 2.09 bits per heavy atom. The van der Waals surface area contributed by atoms with Crippen LogP contribution in [0, 0.1) is 0 Å². The fraction of sp³-hybridized carbons (Fsp3) is 0.750. The van der Waals surface area contributed by atoms with Crippen molar-refractivity contribution in [1.82, 2.24) is 5.32 Å². The second kappa shape index (κ2) is 7.25. The quantitative estimate of drug-likeness (QED) is 0.459. The van der Waals surface area contributed by atoms with Crippen LogP contribution in [0.15, 0.2) is 0 Å². The van der Waals surface area contributed by atoms with E-state index < -0.39 is 0 Å². The van der Waals surface area contributed by atoms with E-state index in [9.17, 15) is 9.59 Å². The molecule has 0 aliphatic heterocycles. The summed E-state index contributed by atoms with van der Waals surface area (Å²) in [4.78, 5) is 20.2. The predicted octanol–water partition coefficient (Wildman–Crippen LogP) is 0.882. The summed E-state index contributed by atoms with van der Waals surface area (Å²) in [5.74, 6) is 0.0142. The molecular formula is C8H15NO2. The molecule has 3 heteroatoms. The van der Waals surface area contributed by atoms with Gasteiger partial charge in [-0.25, -0.2) is 0 Å². The SMILES string of the molecule is CC(=O)NCCCCCC=O. The van der Waals surface area contributed by atoms with Crippen LogP contribution in [-0.2, 0) is 9.59 Å². The molecule has 0 heterocycles. The standard InChI is InChI=1S/C8H15NO2/c1-8(11)9-6-4-2-3-5-7-10/h7H,2-6H2,1H3,(H,9,11). The average Bonchev–Trinajstić information content (AvgIpc) is 1.96. The third-order valence-corrected chi connectivity index (χ3v) is 1.37. The highest BCUT2D eigenvalue weighted by Gasteiger charge is 1.90. The molecule has 0 radical (unpaired) electrons. The monoisotopic (exact) mass is 157 g/mol. The minimum absolute atomic E-state index is 0.0142. The Bertz CT molecular complexity index is 123. The van der Waals surface area contributed by atoms with Gasteiger partial charge in [0, 0.05) is 19.9 Å². The van der Waals surface area contributed by atoms with Gasteiger partial charge in [-0.2, -0.15) is 0 Å². The van der Waals surface area contributed by atoms with Crippen molar-refractivity contribution in [2.75, 3.05) is 6.54 Å². The third kappa shape index (κ3) is 9.14. The lowest BCUT2D eigenvalue weighted by Gasteiger charge is -1.99. The van der Waals surface area contributed by atoms with E-state index in [0.29, 0.717) is 6.42 Å². The second-order valence-electron chi connectivity index (χ2n) is 2.50. The highest BCUT2D eigenvalue weighted by molar-refractivity contribution is 5.72. The van der Waals surface area contributed by atoms with Crippen molar-refractivity contribution in [3.63, 3.8) is 0 Å². The number of aldehydes is 1. The molecule has 0 spiro atoms. The lowest BCUT2D eigenvalue weighted by molar-refractivity contribution is -0.119. The summed E-state index contributed by atoms with van der Waals surface area (Å²) in [6, 6.07) is 0. The summed E-state index contributed by atoms with van der Waals surface area (Å²) in [5.41, 5.74) is 0. The van der Waals surface area contributed by atoms with Gasteiger partial charge in [0.1, 0.15) is 6.29 Å². The van der Waals surface area contributed by atoms with Gasteiger partial charge in [-0.15, -0.1) is 0 Å². The van der Waals surface area contributed by atoms with E-state index >= 15 is 0 Å². The van der Waals surface area contributed by atoms with Crippen LogP contribution in [0.1, 0.15) is 32.6 Å². The first kappa shape index (κ1) is 10.1. The van der Waals surface area contributed by atoms with Crippen molar-refractivity contribution in [3.05, 3.63) is 0 Å². The minimum atomic E-state index is 0.0142. The molecule has 11 heavy (non-hydrogen) atoms. The van der Waals surface area contributed by atoms with Gasteiger partial charge in [-0.05, 0) is 12.8 Å². The first-order chi connectivity index (χ1) is 5.27. The molecule has 0 fully saturated rings. The molecular weight excluding hydrogens is 142 g/mol. The summed E-state index contributed by atoms with van der Waals surface area (Å²) in [6.07, 6.45) is 4.48. The van der Waals surface area contributed by atoms with E-state index in [1.54, 1.807) is 0 Å². The maximum Gasteiger partial charge on any atom is 0.216 e. The van der Waals surface area contributed by atoms with Crippen LogP contribution < -0.4 is 5.32 Å². The Labute approximate surface area is 67.2 Å². The number of hydrogen-bond acceptors (Lipinski definition) is 2. The normalized spacial score (nSPS) is 9.18. The molecule has 0 saturated heterocycles. The summed E-state index contributed by atoms with van der Waals surface area (Å²) >= 11 is 0. The second-order valence-corrected chi connectivity index (χ2v) is 2.50. The largest absolute Gasteiger partial charge is 0.356 e. The smallest absolute Gasteiger partial charge is 0.216 e. The van der Waals surface area contributed by atoms with Crippen LogP contribution >= 0.6 is 0 Å². The number of unbranched alkanes of at least 4 members (excludes halogenated alkanes) is 3. The van der Waals surface area contributed by atoms with Gasteiger partial charge in [-0.3, -0.25) is 4.79 Å². The fourth-order valence-electron chi connectivity index (χ4n) is 0.794. The van der Waals surface area contributed by atoms with Crippen molar-refractivity contribution in [2.24, 2.45) is 0 Å². The van der Waals surface area contributed by atoms with Crippen LogP contribution in [0.2, 0.25) is 0 Å². The highest BCUT2D eigenvalue weighted by Crippen LogP contribution is 1.95. The van der Waals surface area contributed by atoms with E-state index in [1.807, 2.05) is 0 Å². The zero-order valence-electron chi connectivity index (χ0n) is 6.93. The molecule has 1 amide bonds. The van der Waals surface area contributed by atoms with Crippen molar-refractivity contribution in [1.29, 1.82) is 0 Å². The Balaban J connectivity index is 2.90. The first-order valence-electron chi connectivity index (χ1n) is 3.95. The molecule has 0 atom stereocenters. The Morgan fingerprint density at radius 1 is 1.36 bits per heavy atom. The molecule has 64 valence electrons. The maximum absolute atomic E-state index is 10.4. The molecule has 0 aromatic heterocycles. The van der Waals surface area contributed by atoms with Gasteiger partial charge in [0.2, 0.25) is 5.91 Å².